The molecule has 3 heteroatoms. The Morgan fingerprint density at radius 2 is 1.88 bits per heavy atom. The molecule has 0 aromatic carbocycles. The SMILES string of the molecule is CC1CCC(C#N)(C2(O)CC(C)N(C)C2)CC1. The normalized spacial score (nSPS) is 47.9. The zero-order valence-corrected chi connectivity index (χ0v) is 11.2. The zero-order valence-electron chi connectivity index (χ0n) is 11.2. The molecule has 1 aliphatic carbocycles. The maximum absolute atomic E-state index is 10.9. The van der Waals surface area contributed by atoms with E-state index >= 15 is 0 Å². The molecule has 1 saturated carbocycles. The molecule has 0 amide bonds. The average molecular weight is 236 g/mol. The van der Waals surface area contributed by atoms with Crippen LogP contribution in [0.1, 0.15) is 46.0 Å². The quantitative estimate of drug-likeness (QED) is 0.759. The third-order valence-electron chi connectivity index (χ3n) is 5.13. The number of nitriles is 1. The molecule has 2 fully saturated rings. The van der Waals surface area contributed by atoms with Crippen molar-refractivity contribution in [3.63, 3.8) is 0 Å². The fraction of sp³-hybridized carbons (Fsp3) is 0.929. The first-order valence-corrected chi connectivity index (χ1v) is 6.76. The molecule has 1 N–H and O–H groups in total. The summed E-state index contributed by atoms with van der Waals surface area (Å²) in [5, 5.41) is 20.5. The zero-order chi connectivity index (χ0) is 12.7. The lowest BCUT2D eigenvalue weighted by atomic mass is 9.61. The molecule has 1 saturated heterocycles. The number of rotatable bonds is 1. The van der Waals surface area contributed by atoms with E-state index in [9.17, 15) is 10.4 Å². The van der Waals surface area contributed by atoms with Crippen molar-refractivity contribution in [1.29, 1.82) is 5.26 Å². The molecule has 17 heavy (non-hydrogen) atoms. The third-order valence-corrected chi connectivity index (χ3v) is 5.13. The molecule has 2 rings (SSSR count). The van der Waals surface area contributed by atoms with Crippen LogP contribution in [0.3, 0.4) is 0 Å². The summed E-state index contributed by atoms with van der Waals surface area (Å²) in [6, 6.07) is 2.86. The van der Waals surface area contributed by atoms with Crippen molar-refractivity contribution in [3.8, 4) is 6.07 Å². The van der Waals surface area contributed by atoms with Gasteiger partial charge in [0, 0.05) is 12.6 Å². The van der Waals surface area contributed by atoms with E-state index < -0.39 is 11.0 Å². The summed E-state index contributed by atoms with van der Waals surface area (Å²) >= 11 is 0. The van der Waals surface area contributed by atoms with Gasteiger partial charge in [-0.05, 0) is 52.0 Å². The highest BCUT2D eigenvalue weighted by atomic mass is 16.3. The highest BCUT2D eigenvalue weighted by molar-refractivity contribution is 5.16. The number of β-amino-alcohol motifs (C(OH)–C–C–N with tert-alkyl or cyclic N) is 1. The number of likely N-dealkylation sites (tertiary alicyclic amines) is 1. The van der Waals surface area contributed by atoms with Gasteiger partial charge in [0.05, 0.1) is 17.1 Å². The Kier molecular flexibility index (Phi) is 3.22. The van der Waals surface area contributed by atoms with Crippen molar-refractivity contribution in [3.05, 3.63) is 0 Å². The summed E-state index contributed by atoms with van der Waals surface area (Å²) in [4.78, 5) is 2.18. The highest BCUT2D eigenvalue weighted by Crippen LogP contribution is 2.50. The molecular formula is C14H24N2O. The van der Waals surface area contributed by atoms with Crippen LogP contribution in [0, 0.1) is 22.7 Å². The maximum Gasteiger partial charge on any atom is 0.0974 e. The fourth-order valence-corrected chi connectivity index (χ4v) is 3.56. The molecule has 0 bridgehead atoms. The van der Waals surface area contributed by atoms with Crippen LogP contribution < -0.4 is 0 Å². The number of aliphatic hydroxyl groups is 1. The summed E-state index contributed by atoms with van der Waals surface area (Å²) in [5.41, 5.74) is -1.30. The lowest BCUT2D eigenvalue weighted by Gasteiger charge is -2.44. The Balaban J connectivity index is 2.22. The Morgan fingerprint density at radius 1 is 1.29 bits per heavy atom. The summed E-state index contributed by atoms with van der Waals surface area (Å²) in [7, 11) is 2.04. The van der Waals surface area contributed by atoms with Crippen LogP contribution in [0.25, 0.3) is 0 Å². The lowest BCUT2D eigenvalue weighted by molar-refractivity contribution is -0.0673. The van der Waals surface area contributed by atoms with Crippen molar-refractivity contribution in [2.75, 3.05) is 13.6 Å². The van der Waals surface area contributed by atoms with Crippen LogP contribution in [0.2, 0.25) is 0 Å². The first-order valence-electron chi connectivity index (χ1n) is 6.76. The molecule has 2 aliphatic rings. The maximum atomic E-state index is 10.9. The van der Waals surface area contributed by atoms with E-state index in [0.717, 1.165) is 32.1 Å². The summed E-state index contributed by atoms with van der Waals surface area (Å²) < 4.78 is 0. The predicted octanol–water partition coefficient (Wildman–Crippen LogP) is 2.16. The van der Waals surface area contributed by atoms with E-state index in [-0.39, 0.29) is 0 Å². The molecular weight excluding hydrogens is 212 g/mol. The van der Waals surface area contributed by atoms with Crippen LogP contribution in [0.5, 0.6) is 0 Å². The van der Waals surface area contributed by atoms with Crippen molar-refractivity contribution < 1.29 is 5.11 Å². The van der Waals surface area contributed by atoms with E-state index in [2.05, 4.69) is 24.8 Å². The van der Waals surface area contributed by atoms with Gasteiger partial charge in [-0.15, -0.1) is 0 Å². The van der Waals surface area contributed by atoms with E-state index in [1.165, 1.54) is 0 Å². The van der Waals surface area contributed by atoms with E-state index in [1.54, 1.807) is 0 Å². The largest absolute Gasteiger partial charge is 0.387 e. The van der Waals surface area contributed by atoms with Gasteiger partial charge in [-0.25, -0.2) is 0 Å². The van der Waals surface area contributed by atoms with Gasteiger partial charge < -0.3 is 10.0 Å². The molecule has 2 atom stereocenters. The van der Waals surface area contributed by atoms with Crippen LogP contribution in [-0.2, 0) is 0 Å². The van der Waals surface area contributed by atoms with Gasteiger partial charge in [0.15, 0.2) is 0 Å². The molecule has 2 unspecified atom stereocenters. The second-order valence-electron chi connectivity index (χ2n) is 6.38. The van der Waals surface area contributed by atoms with Gasteiger partial charge >= 0.3 is 0 Å². The van der Waals surface area contributed by atoms with Crippen LogP contribution >= 0.6 is 0 Å². The Hall–Kier alpha value is -0.590. The van der Waals surface area contributed by atoms with E-state index in [1.807, 2.05) is 7.05 Å². The van der Waals surface area contributed by atoms with Crippen molar-refractivity contribution in [2.45, 2.75) is 57.6 Å². The number of nitrogens with zero attached hydrogens (tertiary/aromatic N) is 2. The Labute approximate surface area is 104 Å². The third kappa shape index (κ3) is 1.98. The number of likely N-dealkylation sites (N-methyl/N-ethyl adjacent to an activating group) is 1. The second kappa shape index (κ2) is 4.26. The van der Waals surface area contributed by atoms with Gasteiger partial charge in [-0.2, -0.15) is 5.26 Å². The minimum Gasteiger partial charge on any atom is -0.387 e. The van der Waals surface area contributed by atoms with Crippen molar-refractivity contribution in [2.24, 2.45) is 11.3 Å². The molecule has 0 aromatic rings. The monoisotopic (exact) mass is 236 g/mol. The van der Waals surface area contributed by atoms with Gasteiger partial charge in [0.25, 0.3) is 0 Å². The number of hydrogen-bond acceptors (Lipinski definition) is 3. The van der Waals surface area contributed by atoms with Gasteiger partial charge in [-0.1, -0.05) is 6.92 Å². The summed E-state index contributed by atoms with van der Waals surface area (Å²) in [5.74, 6) is 0.705. The summed E-state index contributed by atoms with van der Waals surface area (Å²) in [6.07, 6.45) is 4.62. The molecule has 0 radical (unpaired) electrons. The second-order valence-corrected chi connectivity index (χ2v) is 6.38. The van der Waals surface area contributed by atoms with Crippen LogP contribution in [0.4, 0.5) is 0 Å². The van der Waals surface area contributed by atoms with Gasteiger partial charge in [0.2, 0.25) is 0 Å². The molecule has 0 aromatic heterocycles. The number of hydrogen-bond donors (Lipinski definition) is 1. The minimum absolute atomic E-state index is 0.379. The fourth-order valence-electron chi connectivity index (χ4n) is 3.56. The van der Waals surface area contributed by atoms with Gasteiger partial charge in [-0.3, -0.25) is 0 Å². The molecule has 0 spiro atoms. The average Bonchev–Trinajstić information content (AvgIpc) is 2.55. The van der Waals surface area contributed by atoms with Crippen molar-refractivity contribution in [1.82, 2.24) is 4.90 Å². The molecule has 1 aliphatic heterocycles. The topological polar surface area (TPSA) is 47.3 Å². The standard InChI is InChI=1S/C14H24N2O/c1-11-4-6-13(9-15,7-5-11)14(17)8-12(2)16(3)10-14/h11-12,17H,4-8,10H2,1-3H3. The van der Waals surface area contributed by atoms with E-state index in [0.29, 0.717) is 18.5 Å². The smallest absolute Gasteiger partial charge is 0.0974 e. The first-order chi connectivity index (χ1) is 7.92. The van der Waals surface area contributed by atoms with Crippen LogP contribution in [-0.4, -0.2) is 35.2 Å². The van der Waals surface area contributed by atoms with E-state index in [4.69, 9.17) is 0 Å². The molecule has 3 nitrogen and oxygen atoms in total. The minimum atomic E-state index is -0.796. The van der Waals surface area contributed by atoms with Crippen molar-refractivity contribution >= 4 is 0 Å². The molecule has 96 valence electrons. The predicted molar refractivity (Wildman–Crippen MR) is 67.3 cm³/mol. The highest BCUT2D eigenvalue weighted by Gasteiger charge is 2.56. The summed E-state index contributed by atoms with van der Waals surface area (Å²) in [6.45, 7) is 5.03. The first kappa shape index (κ1) is 12.9. The Bertz CT molecular complexity index is 316. The molecule has 1 heterocycles. The van der Waals surface area contributed by atoms with Gasteiger partial charge in [0.1, 0.15) is 0 Å². The lowest BCUT2D eigenvalue weighted by Crippen LogP contribution is -2.51. The van der Waals surface area contributed by atoms with Crippen LogP contribution in [0.15, 0.2) is 0 Å². The Morgan fingerprint density at radius 3 is 2.29 bits per heavy atom.